The lowest BCUT2D eigenvalue weighted by Gasteiger charge is -2.15. The second-order valence-electron chi connectivity index (χ2n) is 15.4. The molecule has 0 aliphatic rings. The highest BCUT2D eigenvalue weighted by Gasteiger charge is 2.25. The molecule has 0 saturated carbocycles. The third-order valence-electron chi connectivity index (χ3n) is 11.5. The molecule has 0 saturated heterocycles. The maximum absolute atomic E-state index is 5.44. The van der Waals surface area contributed by atoms with E-state index in [2.05, 4.69) is 188 Å². The first-order valence-corrected chi connectivity index (χ1v) is 21.8. The lowest BCUT2D eigenvalue weighted by molar-refractivity contribution is 0.955. The topological polar surface area (TPSA) is 43.6 Å². The summed E-state index contributed by atoms with van der Waals surface area (Å²) in [4.78, 5) is 16.0. The van der Waals surface area contributed by atoms with E-state index < -0.39 is 0 Å². The molecule has 0 atom stereocenters. The molecule has 0 N–H and O–H groups in total. The Morgan fingerprint density at radius 3 is 1.54 bits per heavy atom. The highest BCUT2D eigenvalue weighted by molar-refractivity contribution is 7.25. The molecule has 0 aliphatic carbocycles. The SMILES string of the molecule is CCC.c1ccc(-c2ccc(-c3nc(-c4ccccc4)nc(-n4c5c(-c6cccc7sc8ccccc8c67)cccc5c5c6ccccc6c6ccccc6c54)n3)cc2)cc1. The first-order chi connectivity index (χ1) is 30.2. The van der Waals surface area contributed by atoms with Crippen molar-refractivity contribution in [3.63, 3.8) is 0 Å². The molecule has 61 heavy (non-hydrogen) atoms. The number of hydrogen-bond donors (Lipinski definition) is 0. The first-order valence-electron chi connectivity index (χ1n) is 20.9. The van der Waals surface area contributed by atoms with Crippen LogP contribution in [0, 0.1) is 0 Å². The van der Waals surface area contributed by atoms with Crippen LogP contribution in [0.3, 0.4) is 0 Å². The molecule has 0 radical (unpaired) electrons. The van der Waals surface area contributed by atoms with Crippen molar-refractivity contribution in [2.75, 3.05) is 0 Å². The molecule has 0 fully saturated rings. The second kappa shape index (κ2) is 15.3. The zero-order valence-corrected chi connectivity index (χ0v) is 34.7. The minimum atomic E-state index is 0.575. The third kappa shape index (κ3) is 6.16. The molecule has 9 aromatic carbocycles. The summed E-state index contributed by atoms with van der Waals surface area (Å²) in [5.41, 5.74) is 8.62. The molecule has 4 nitrogen and oxygen atoms in total. The van der Waals surface area contributed by atoms with Crippen LogP contribution in [0.15, 0.2) is 194 Å². The zero-order chi connectivity index (χ0) is 40.9. The Balaban J connectivity index is 0.00000136. The van der Waals surface area contributed by atoms with Crippen LogP contribution in [0.25, 0.3) is 115 Å². The van der Waals surface area contributed by atoms with Gasteiger partial charge in [0.1, 0.15) is 0 Å². The molecule has 3 heterocycles. The minimum absolute atomic E-state index is 0.575. The number of para-hydroxylation sites is 1. The Bertz CT molecular complexity index is 3570. The van der Waals surface area contributed by atoms with Crippen molar-refractivity contribution < 1.29 is 0 Å². The van der Waals surface area contributed by atoms with Crippen LogP contribution in [0.4, 0.5) is 0 Å². The van der Waals surface area contributed by atoms with E-state index in [9.17, 15) is 0 Å². The summed E-state index contributed by atoms with van der Waals surface area (Å²) >= 11 is 1.84. The van der Waals surface area contributed by atoms with Crippen LogP contribution >= 0.6 is 11.3 Å². The summed E-state index contributed by atoms with van der Waals surface area (Å²) in [5.74, 6) is 1.81. The van der Waals surface area contributed by atoms with E-state index in [1.54, 1.807) is 0 Å². The monoisotopic (exact) mass is 800 g/mol. The van der Waals surface area contributed by atoms with E-state index in [-0.39, 0.29) is 0 Å². The molecule has 0 amide bonds. The molecule has 12 rings (SSSR count). The highest BCUT2D eigenvalue weighted by Crippen LogP contribution is 2.47. The van der Waals surface area contributed by atoms with Gasteiger partial charge in [-0.3, -0.25) is 4.57 Å². The van der Waals surface area contributed by atoms with Gasteiger partial charge in [-0.25, -0.2) is 4.98 Å². The van der Waals surface area contributed by atoms with Crippen LogP contribution in [0.1, 0.15) is 20.3 Å². The van der Waals surface area contributed by atoms with E-state index in [0.29, 0.717) is 17.6 Å². The summed E-state index contributed by atoms with van der Waals surface area (Å²) in [6.07, 6.45) is 1.25. The van der Waals surface area contributed by atoms with Gasteiger partial charge in [-0.2, -0.15) is 9.97 Å². The van der Waals surface area contributed by atoms with Gasteiger partial charge in [-0.15, -0.1) is 11.3 Å². The van der Waals surface area contributed by atoms with Crippen molar-refractivity contribution in [2.45, 2.75) is 20.3 Å². The molecule has 0 unspecified atom stereocenters. The van der Waals surface area contributed by atoms with Gasteiger partial charge in [0.25, 0.3) is 0 Å². The highest BCUT2D eigenvalue weighted by atomic mass is 32.1. The van der Waals surface area contributed by atoms with Crippen molar-refractivity contribution >= 4 is 74.9 Å². The molecule has 12 aromatic rings. The van der Waals surface area contributed by atoms with Gasteiger partial charge in [0.2, 0.25) is 5.95 Å². The quantitative estimate of drug-likeness (QED) is 0.163. The number of fused-ring (bicyclic) bond motifs is 11. The fourth-order valence-corrected chi connectivity index (χ4v) is 10.0. The van der Waals surface area contributed by atoms with Crippen LogP contribution in [0.2, 0.25) is 0 Å². The molecule has 5 heteroatoms. The number of thiophene rings is 1. The van der Waals surface area contributed by atoms with E-state index in [1.165, 1.54) is 59.3 Å². The predicted molar refractivity (Wildman–Crippen MR) is 260 cm³/mol. The average Bonchev–Trinajstić information content (AvgIpc) is 3.90. The first kappa shape index (κ1) is 36.6. The Labute approximate surface area is 358 Å². The molecular weight excluding hydrogens is 761 g/mol. The van der Waals surface area contributed by atoms with Crippen molar-refractivity contribution in [1.82, 2.24) is 19.5 Å². The van der Waals surface area contributed by atoms with E-state index in [4.69, 9.17) is 15.0 Å². The largest absolute Gasteiger partial charge is 0.277 e. The lowest BCUT2D eigenvalue weighted by atomic mass is 9.95. The van der Waals surface area contributed by atoms with Gasteiger partial charge in [0.15, 0.2) is 11.6 Å². The fraction of sp³-hybridized carbons (Fsp3) is 0.0536. The van der Waals surface area contributed by atoms with Gasteiger partial charge in [-0.1, -0.05) is 202 Å². The van der Waals surface area contributed by atoms with Gasteiger partial charge in [0, 0.05) is 53.0 Å². The zero-order valence-electron chi connectivity index (χ0n) is 33.9. The summed E-state index contributed by atoms with van der Waals surface area (Å²) in [6, 6.07) is 69.0. The predicted octanol–water partition coefficient (Wildman–Crippen LogP) is 15.7. The molecule has 3 aromatic heterocycles. The lowest BCUT2D eigenvalue weighted by Crippen LogP contribution is -2.07. The summed E-state index contributed by atoms with van der Waals surface area (Å²) in [5, 5.41) is 9.63. The van der Waals surface area contributed by atoms with Gasteiger partial charge >= 0.3 is 0 Å². The Morgan fingerprint density at radius 1 is 0.361 bits per heavy atom. The van der Waals surface area contributed by atoms with Crippen molar-refractivity contribution in [2.24, 2.45) is 0 Å². The third-order valence-corrected chi connectivity index (χ3v) is 12.6. The maximum atomic E-state index is 5.44. The molecular formula is C56H40N4S. The summed E-state index contributed by atoms with van der Waals surface area (Å²) in [7, 11) is 0. The Kier molecular flexibility index (Phi) is 9.17. The second-order valence-corrected chi connectivity index (χ2v) is 16.5. The van der Waals surface area contributed by atoms with Gasteiger partial charge in [-0.05, 0) is 45.0 Å². The fourth-order valence-electron chi connectivity index (χ4n) is 8.89. The van der Waals surface area contributed by atoms with E-state index in [1.807, 2.05) is 35.6 Å². The minimum Gasteiger partial charge on any atom is -0.277 e. The van der Waals surface area contributed by atoms with Crippen molar-refractivity contribution in [1.29, 1.82) is 0 Å². The van der Waals surface area contributed by atoms with E-state index >= 15 is 0 Å². The summed E-state index contributed by atoms with van der Waals surface area (Å²) < 4.78 is 4.88. The number of hydrogen-bond acceptors (Lipinski definition) is 4. The normalized spacial score (nSPS) is 11.5. The van der Waals surface area contributed by atoms with Crippen LogP contribution < -0.4 is 0 Å². The smallest absolute Gasteiger partial charge is 0.238 e. The molecule has 290 valence electrons. The number of aromatic nitrogens is 4. The van der Waals surface area contributed by atoms with Crippen molar-refractivity contribution in [3.05, 3.63) is 194 Å². The van der Waals surface area contributed by atoms with E-state index in [0.717, 1.165) is 44.1 Å². The Morgan fingerprint density at radius 2 is 0.836 bits per heavy atom. The maximum Gasteiger partial charge on any atom is 0.238 e. The molecule has 0 bridgehead atoms. The van der Waals surface area contributed by atoms with Crippen LogP contribution in [-0.4, -0.2) is 19.5 Å². The van der Waals surface area contributed by atoms with Crippen molar-refractivity contribution in [3.8, 4) is 51.0 Å². The van der Waals surface area contributed by atoms with Crippen LogP contribution in [0.5, 0.6) is 0 Å². The molecule has 0 aliphatic heterocycles. The Hall–Kier alpha value is -7.47. The molecule has 0 spiro atoms. The standard InChI is InChI=1S/C53H32N4S.C3H8/c1-3-15-33(16-4-1)34-29-31-36(32-30-34)52-54-51(35-17-5-2-6-18-35)55-53(56-52)57-49-42(40-24-14-28-46-47(40)43-23-11-12-27-45(43)58-46)25-13-26-44(49)48-39-21-9-7-19-37(39)38-20-8-10-22-41(38)50(48)57;1-3-2/h1-32H;3H2,1-2H3. The summed E-state index contributed by atoms with van der Waals surface area (Å²) in [6.45, 7) is 4.25. The average molecular weight is 801 g/mol. The number of benzene rings is 9. The van der Waals surface area contributed by atoms with Crippen LogP contribution in [-0.2, 0) is 0 Å². The number of nitrogens with zero attached hydrogens (tertiary/aromatic N) is 4. The number of rotatable bonds is 5. The van der Waals surface area contributed by atoms with Gasteiger partial charge in [0.05, 0.1) is 11.0 Å². The van der Waals surface area contributed by atoms with Gasteiger partial charge < -0.3 is 0 Å².